The van der Waals surface area contributed by atoms with Crippen molar-refractivity contribution in [3.8, 4) is 0 Å². The number of amides is 1. The Labute approximate surface area is 128 Å². The third-order valence-corrected chi connectivity index (χ3v) is 3.07. The number of nitrogens with zero attached hydrogens (tertiary/aromatic N) is 2. The Kier molecular flexibility index (Phi) is 4.75. The molecule has 0 spiro atoms. The van der Waals surface area contributed by atoms with Crippen LogP contribution in [0.25, 0.3) is 0 Å². The monoisotopic (exact) mass is 304 g/mol. The normalized spacial score (nSPS) is 11.8. The Hall–Kier alpha value is -2.14. The molecule has 2 rings (SSSR count). The fraction of sp³-hybridized carbons (Fsp3) is 0.267. The van der Waals surface area contributed by atoms with Crippen LogP contribution in [0.15, 0.2) is 30.3 Å². The largest absolute Gasteiger partial charge is 0.363 e. The molecule has 1 aromatic carbocycles. The van der Waals surface area contributed by atoms with Crippen molar-refractivity contribution in [1.82, 2.24) is 9.97 Å². The van der Waals surface area contributed by atoms with Crippen LogP contribution < -0.4 is 10.6 Å². The minimum absolute atomic E-state index is 0.0177. The van der Waals surface area contributed by atoms with Crippen molar-refractivity contribution in [2.75, 3.05) is 10.6 Å². The molecule has 1 unspecified atom stereocenters. The van der Waals surface area contributed by atoms with Gasteiger partial charge in [-0.2, -0.15) is 0 Å². The number of nitrogens with one attached hydrogen (secondary N) is 2. The van der Waals surface area contributed by atoms with Gasteiger partial charge in [-0.1, -0.05) is 12.1 Å². The Balaban J connectivity index is 2.16. The van der Waals surface area contributed by atoms with E-state index >= 15 is 0 Å². The maximum absolute atomic E-state index is 11.1. The third-order valence-electron chi connectivity index (χ3n) is 2.90. The molecule has 0 fully saturated rings. The van der Waals surface area contributed by atoms with Crippen molar-refractivity contribution in [2.24, 2.45) is 0 Å². The van der Waals surface area contributed by atoms with Crippen LogP contribution in [-0.4, -0.2) is 15.9 Å². The van der Waals surface area contributed by atoms with Crippen LogP contribution in [0.2, 0.25) is 5.28 Å². The van der Waals surface area contributed by atoms with Crippen molar-refractivity contribution in [3.05, 3.63) is 46.9 Å². The number of anilines is 2. The fourth-order valence-corrected chi connectivity index (χ4v) is 2.22. The van der Waals surface area contributed by atoms with Crippen molar-refractivity contribution in [1.29, 1.82) is 0 Å². The molecule has 21 heavy (non-hydrogen) atoms. The molecular weight excluding hydrogens is 288 g/mol. The standard InChI is InChI=1S/C15H17ClN4O/c1-9-7-14(20-15(16)17-9)18-10(2)12-5-4-6-13(8-12)19-11(3)21/h4-8,10H,1-3H3,(H,19,21)(H,17,18,20). The molecule has 0 saturated carbocycles. The molecule has 0 aliphatic heterocycles. The number of aryl methyl sites for hydroxylation is 1. The number of rotatable bonds is 4. The molecular formula is C15H17ClN4O. The summed E-state index contributed by atoms with van der Waals surface area (Å²) >= 11 is 5.85. The highest BCUT2D eigenvalue weighted by Crippen LogP contribution is 2.21. The van der Waals surface area contributed by atoms with Gasteiger partial charge in [-0.05, 0) is 43.1 Å². The van der Waals surface area contributed by atoms with E-state index in [2.05, 4.69) is 20.6 Å². The first-order chi connectivity index (χ1) is 9.94. The quantitative estimate of drug-likeness (QED) is 0.847. The summed E-state index contributed by atoms with van der Waals surface area (Å²) in [5.41, 5.74) is 2.61. The van der Waals surface area contributed by atoms with Gasteiger partial charge in [-0.25, -0.2) is 9.97 Å². The lowest BCUT2D eigenvalue weighted by Crippen LogP contribution is -2.10. The summed E-state index contributed by atoms with van der Waals surface area (Å²) in [6.07, 6.45) is 0. The fourth-order valence-electron chi connectivity index (χ4n) is 2.00. The molecule has 110 valence electrons. The summed E-state index contributed by atoms with van der Waals surface area (Å²) in [4.78, 5) is 19.3. The lowest BCUT2D eigenvalue weighted by Gasteiger charge is -2.16. The molecule has 0 saturated heterocycles. The van der Waals surface area contributed by atoms with E-state index in [1.807, 2.05) is 44.2 Å². The molecule has 6 heteroatoms. The zero-order valence-electron chi connectivity index (χ0n) is 12.1. The van der Waals surface area contributed by atoms with Crippen molar-refractivity contribution < 1.29 is 4.79 Å². The van der Waals surface area contributed by atoms with Gasteiger partial charge in [0.15, 0.2) is 0 Å². The lowest BCUT2D eigenvalue weighted by atomic mass is 10.1. The summed E-state index contributed by atoms with van der Waals surface area (Å²) in [6, 6.07) is 9.51. The summed E-state index contributed by atoms with van der Waals surface area (Å²) in [5.74, 6) is 0.580. The summed E-state index contributed by atoms with van der Waals surface area (Å²) in [6.45, 7) is 5.36. The molecule has 1 atom stereocenters. The van der Waals surface area contributed by atoms with Crippen LogP contribution in [0.3, 0.4) is 0 Å². The number of halogens is 1. The van der Waals surface area contributed by atoms with E-state index in [0.717, 1.165) is 16.9 Å². The van der Waals surface area contributed by atoms with E-state index in [4.69, 9.17) is 11.6 Å². The summed E-state index contributed by atoms with van der Waals surface area (Å²) < 4.78 is 0. The molecule has 0 radical (unpaired) electrons. The highest BCUT2D eigenvalue weighted by atomic mass is 35.5. The van der Waals surface area contributed by atoms with Gasteiger partial charge in [0.1, 0.15) is 5.82 Å². The second-order valence-corrected chi connectivity index (χ2v) is 5.17. The first-order valence-corrected chi connectivity index (χ1v) is 6.97. The van der Waals surface area contributed by atoms with Gasteiger partial charge >= 0.3 is 0 Å². The molecule has 2 aromatic rings. The Morgan fingerprint density at radius 1 is 1.29 bits per heavy atom. The molecule has 0 aliphatic carbocycles. The average Bonchev–Trinajstić information content (AvgIpc) is 2.36. The molecule has 0 aliphatic rings. The Bertz CT molecular complexity index is 640. The smallest absolute Gasteiger partial charge is 0.224 e. The predicted octanol–water partition coefficient (Wildman–Crippen LogP) is 3.57. The second kappa shape index (κ2) is 6.54. The van der Waals surface area contributed by atoms with Crippen LogP contribution in [-0.2, 0) is 4.79 Å². The zero-order valence-corrected chi connectivity index (χ0v) is 12.9. The summed E-state index contributed by atoms with van der Waals surface area (Å²) in [5, 5.41) is 6.26. The number of benzene rings is 1. The van der Waals surface area contributed by atoms with E-state index < -0.39 is 0 Å². The first kappa shape index (κ1) is 15.3. The number of hydrogen-bond donors (Lipinski definition) is 2. The van der Waals surface area contributed by atoms with Gasteiger partial charge in [0.05, 0.1) is 6.04 Å². The maximum Gasteiger partial charge on any atom is 0.224 e. The Morgan fingerprint density at radius 2 is 2.05 bits per heavy atom. The molecule has 5 nitrogen and oxygen atoms in total. The van der Waals surface area contributed by atoms with E-state index in [-0.39, 0.29) is 17.2 Å². The SMILES string of the molecule is CC(=O)Nc1cccc(C(C)Nc2cc(C)nc(Cl)n2)c1. The maximum atomic E-state index is 11.1. The minimum atomic E-state index is -0.0917. The van der Waals surface area contributed by atoms with Crippen LogP contribution in [0, 0.1) is 6.92 Å². The van der Waals surface area contributed by atoms with E-state index in [1.165, 1.54) is 6.92 Å². The van der Waals surface area contributed by atoms with Gasteiger partial charge in [0.25, 0.3) is 0 Å². The molecule has 2 N–H and O–H groups in total. The number of carbonyl (C=O) groups excluding carboxylic acids is 1. The molecule has 1 aromatic heterocycles. The van der Waals surface area contributed by atoms with Crippen LogP contribution >= 0.6 is 11.6 Å². The van der Waals surface area contributed by atoms with Crippen molar-refractivity contribution >= 4 is 29.0 Å². The molecule has 1 heterocycles. The zero-order chi connectivity index (χ0) is 15.4. The highest BCUT2D eigenvalue weighted by Gasteiger charge is 2.08. The number of carbonyl (C=O) groups is 1. The number of hydrogen-bond acceptors (Lipinski definition) is 4. The topological polar surface area (TPSA) is 66.9 Å². The first-order valence-electron chi connectivity index (χ1n) is 6.59. The molecule has 0 bridgehead atoms. The molecule has 1 amide bonds. The van der Waals surface area contributed by atoms with Gasteiger partial charge in [-0.3, -0.25) is 4.79 Å². The van der Waals surface area contributed by atoms with Gasteiger partial charge < -0.3 is 10.6 Å². The van der Waals surface area contributed by atoms with Gasteiger partial charge in [0, 0.05) is 24.4 Å². The lowest BCUT2D eigenvalue weighted by molar-refractivity contribution is -0.114. The second-order valence-electron chi connectivity index (χ2n) is 4.84. The van der Waals surface area contributed by atoms with Gasteiger partial charge in [-0.15, -0.1) is 0 Å². The highest BCUT2D eigenvalue weighted by molar-refractivity contribution is 6.28. The minimum Gasteiger partial charge on any atom is -0.363 e. The van der Waals surface area contributed by atoms with Crippen molar-refractivity contribution in [3.63, 3.8) is 0 Å². The van der Waals surface area contributed by atoms with Crippen LogP contribution in [0.4, 0.5) is 11.5 Å². The van der Waals surface area contributed by atoms with E-state index in [0.29, 0.717) is 5.82 Å². The van der Waals surface area contributed by atoms with Crippen molar-refractivity contribution in [2.45, 2.75) is 26.8 Å². The Morgan fingerprint density at radius 3 is 2.71 bits per heavy atom. The average molecular weight is 305 g/mol. The third kappa shape index (κ3) is 4.43. The van der Waals surface area contributed by atoms with Gasteiger partial charge in [0.2, 0.25) is 11.2 Å². The van der Waals surface area contributed by atoms with E-state index in [1.54, 1.807) is 0 Å². The number of aromatic nitrogens is 2. The van der Waals surface area contributed by atoms with Crippen LogP contribution in [0.5, 0.6) is 0 Å². The summed E-state index contributed by atoms with van der Waals surface area (Å²) in [7, 11) is 0. The predicted molar refractivity (Wildman–Crippen MR) is 84.6 cm³/mol. The van der Waals surface area contributed by atoms with E-state index in [9.17, 15) is 4.79 Å². The van der Waals surface area contributed by atoms with Crippen LogP contribution in [0.1, 0.15) is 31.1 Å².